The Kier molecular flexibility index (Phi) is 5.61. The van der Waals surface area contributed by atoms with Crippen LogP contribution in [0.1, 0.15) is 45.1 Å². The Labute approximate surface area is 143 Å². The molecule has 0 radical (unpaired) electrons. The molecule has 0 unspecified atom stereocenters. The summed E-state index contributed by atoms with van der Waals surface area (Å²) in [6, 6.07) is 6.63. The molecule has 0 saturated heterocycles. The van der Waals surface area contributed by atoms with Crippen LogP contribution in [-0.4, -0.2) is 29.3 Å². The Morgan fingerprint density at radius 3 is 2.54 bits per heavy atom. The molecule has 7 nitrogen and oxygen atoms in total. The zero-order valence-electron chi connectivity index (χ0n) is 14.6. The molecule has 1 N–H and O–H groups in total. The molecule has 0 bridgehead atoms. The van der Waals surface area contributed by atoms with Crippen molar-refractivity contribution in [2.24, 2.45) is 0 Å². The first-order valence-corrected chi connectivity index (χ1v) is 9.41. The zero-order chi connectivity index (χ0) is 17.9. The monoisotopic (exact) mass is 352 g/mol. The highest BCUT2D eigenvalue weighted by Gasteiger charge is 2.24. The number of nitrogens with zero attached hydrogens (tertiary/aromatic N) is 3. The van der Waals surface area contributed by atoms with Crippen molar-refractivity contribution in [1.82, 2.24) is 19.5 Å². The molecule has 0 spiro atoms. The van der Waals surface area contributed by atoms with Crippen molar-refractivity contribution in [2.75, 3.05) is 0 Å². The second kappa shape index (κ2) is 7.31. The molecule has 0 fully saturated rings. The molecule has 1 atom stereocenters. The van der Waals surface area contributed by atoms with Crippen molar-refractivity contribution < 1.29 is 13.2 Å². The Morgan fingerprint density at radius 2 is 1.96 bits per heavy atom. The lowest BCUT2D eigenvalue weighted by Crippen LogP contribution is -2.29. The van der Waals surface area contributed by atoms with Crippen molar-refractivity contribution >= 4 is 10.0 Å². The molecule has 0 aliphatic carbocycles. The molecule has 24 heavy (non-hydrogen) atoms. The summed E-state index contributed by atoms with van der Waals surface area (Å²) in [6.45, 7) is 9.91. The molecule has 0 aliphatic rings. The van der Waals surface area contributed by atoms with Crippen LogP contribution in [0.3, 0.4) is 0 Å². The first kappa shape index (κ1) is 18.4. The SMILES string of the molecule is CCn1c(OC(C)C)nnc1[C@@H](C)NS(=O)(=O)c1cccc(C)c1. The quantitative estimate of drug-likeness (QED) is 0.827. The van der Waals surface area contributed by atoms with E-state index in [1.807, 2.05) is 33.8 Å². The van der Waals surface area contributed by atoms with Crippen molar-refractivity contribution in [2.45, 2.75) is 58.2 Å². The summed E-state index contributed by atoms with van der Waals surface area (Å²) in [5.41, 5.74) is 0.884. The van der Waals surface area contributed by atoms with Gasteiger partial charge in [-0.15, -0.1) is 5.10 Å². The van der Waals surface area contributed by atoms with Gasteiger partial charge in [0.05, 0.1) is 17.0 Å². The number of rotatable bonds is 7. The summed E-state index contributed by atoms with van der Waals surface area (Å²) in [5, 5.41) is 8.12. The molecule has 1 aromatic heterocycles. The predicted molar refractivity (Wildman–Crippen MR) is 91.4 cm³/mol. The van der Waals surface area contributed by atoms with Gasteiger partial charge in [0, 0.05) is 6.54 Å². The van der Waals surface area contributed by atoms with Gasteiger partial charge in [0.15, 0.2) is 5.82 Å². The third-order valence-corrected chi connectivity index (χ3v) is 4.96. The van der Waals surface area contributed by atoms with Crippen LogP contribution in [0.5, 0.6) is 6.01 Å². The minimum Gasteiger partial charge on any atom is -0.461 e. The van der Waals surface area contributed by atoms with E-state index in [0.29, 0.717) is 18.4 Å². The topological polar surface area (TPSA) is 86.1 Å². The van der Waals surface area contributed by atoms with Gasteiger partial charge in [0.2, 0.25) is 10.0 Å². The van der Waals surface area contributed by atoms with E-state index in [9.17, 15) is 8.42 Å². The van der Waals surface area contributed by atoms with E-state index < -0.39 is 16.1 Å². The highest BCUT2D eigenvalue weighted by atomic mass is 32.2. The molecule has 2 rings (SSSR count). The van der Waals surface area contributed by atoms with E-state index >= 15 is 0 Å². The predicted octanol–water partition coefficient (Wildman–Crippen LogP) is 2.43. The van der Waals surface area contributed by atoms with E-state index in [2.05, 4.69) is 14.9 Å². The Bertz CT molecular complexity index is 799. The van der Waals surface area contributed by atoms with Gasteiger partial charge >= 0.3 is 6.01 Å². The maximum absolute atomic E-state index is 12.6. The van der Waals surface area contributed by atoms with Gasteiger partial charge in [-0.2, -0.15) is 0 Å². The van der Waals surface area contributed by atoms with Crippen LogP contribution in [0.2, 0.25) is 0 Å². The third-order valence-electron chi connectivity index (χ3n) is 3.42. The standard InChI is InChI=1S/C16H24N4O3S/c1-6-20-15(17-18-16(20)23-11(2)3)13(5)19-24(21,22)14-9-7-8-12(4)10-14/h7-11,13,19H,6H2,1-5H3/t13-/m1/s1. The minimum atomic E-state index is -3.64. The second-order valence-electron chi connectivity index (χ2n) is 5.91. The zero-order valence-corrected chi connectivity index (χ0v) is 15.5. The number of sulfonamides is 1. The molecule has 1 heterocycles. The lowest BCUT2D eigenvalue weighted by atomic mass is 10.2. The normalized spacial score (nSPS) is 13.2. The number of aromatic nitrogens is 3. The molecule has 132 valence electrons. The van der Waals surface area contributed by atoms with Crippen LogP contribution < -0.4 is 9.46 Å². The van der Waals surface area contributed by atoms with Crippen LogP contribution in [0.25, 0.3) is 0 Å². The fourth-order valence-corrected chi connectivity index (χ4v) is 3.66. The van der Waals surface area contributed by atoms with Gasteiger partial charge in [0.1, 0.15) is 0 Å². The second-order valence-corrected chi connectivity index (χ2v) is 7.63. The number of nitrogens with one attached hydrogen (secondary N) is 1. The van der Waals surface area contributed by atoms with Crippen LogP contribution in [0, 0.1) is 6.92 Å². The molecule has 1 aromatic carbocycles. The van der Waals surface area contributed by atoms with E-state index in [1.165, 1.54) is 0 Å². The average molecular weight is 352 g/mol. The van der Waals surface area contributed by atoms with Gasteiger partial charge in [-0.25, -0.2) is 13.1 Å². The van der Waals surface area contributed by atoms with Gasteiger partial charge in [-0.05, 0) is 52.3 Å². The summed E-state index contributed by atoms with van der Waals surface area (Å²) < 4.78 is 35.1. The molecule has 0 saturated carbocycles. The summed E-state index contributed by atoms with van der Waals surface area (Å²) in [5.74, 6) is 0.518. The smallest absolute Gasteiger partial charge is 0.317 e. The molecular formula is C16H24N4O3S. The summed E-state index contributed by atoms with van der Waals surface area (Å²) in [4.78, 5) is 0.232. The Balaban J connectivity index is 2.26. The number of ether oxygens (including phenoxy) is 1. The first-order valence-electron chi connectivity index (χ1n) is 7.93. The van der Waals surface area contributed by atoms with E-state index in [1.54, 1.807) is 29.7 Å². The summed E-state index contributed by atoms with van der Waals surface area (Å²) in [7, 11) is -3.64. The van der Waals surface area contributed by atoms with Gasteiger partial charge in [-0.3, -0.25) is 4.57 Å². The third kappa shape index (κ3) is 4.12. The average Bonchev–Trinajstić information content (AvgIpc) is 2.88. The van der Waals surface area contributed by atoms with Crippen molar-refractivity contribution in [3.8, 4) is 6.01 Å². The van der Waals surface area contributed by atoms with E-state index in [0.717, 1.165) is 5.56 Å². The van der Waals surface area contributed by atoms with Gasteiger partial charge in [-0.1, -0.05) is 17.2 Å². The molecule has 0 amide bonds. The largest absolute Gasteiger partial charge is 0.461 e. The lowest BCUT2D eigenvalue weighted by Gasteiger charge is -2.16. The Morgan fingerprint density at radius 1 is 1.25 bits per heavy atom. The van der Waals surface area contributed by atoms with Gasteiger partial charge in [0.25, 0.3) is 0 Å². The highest BCUT2D eigenvalue weighted by Crippen LogP contribution is 2.20. The first-order chi connectivity index (χ1) is 11.2. The lowest BCUT2D eigenvalue weighted by molar-refractivity contribution is 0.211. The van der Waals surface area contributed by atoms with Crippen molar-refractivity contribution in [1.29, 1.82) is 0 Å². The summed E-state index contributed by atoms with van der Waals surface area (Å²) >= 11 is 0. The van der Waals surface area contributed by atoms with Gasteiger partial charge < -0.3 is 4.74 Å². The van der Waals surface area contributed by atoms with E-state index in [4.69, 9.17) is 4.74 Å². The maximum Gasteiger partial charge on any atom is 0.317 e. The number of hydrogen-bond acceptors (Lipinski definition) is 5. The molecule has 0 aliphatic heterocycles. The molecular weight excluding hydrogens is 328 g/mol. The van der Waals surface area contributed by atoms with E-state index in [-0.39, 0.29) is 11.0 Å². The van der Waals surface area contributed by atoms with Crippen LogP contribution in [0.4, 0.5) is 0 Å². The number of hydrogen-bond donors (Lipinski definition) is 1. The van der Waals surface area contributed by atoms with Crippen LogP contribution >= 0.6 is 0 Å². The molecule has 2 aromatic rings. The highest BCUT2D eigenvalue weighted by molar-refractivity contribution is 7.89. The molecule has 8 heteroatoms. The van der Waals surface area contributed by atoms with Crippen LogP contribution in [-0.2, 0) is 16.6 Å². The number of aryl methyl sites for hydroxylation is 1. The fourth-order valence-electron chi connectivity index (χ4n) is 2.35. The van der Waals surface area contributed by atoms with Crippen molar-refractivity contribution in [3.05, 3.63) is 35.7 Å². The van der Waals surface area contributed by atoms with Crippen LogP contribution in [0.15, 0.2) is 29.2 Å². The minimum absolute atomic E-state index is 0.0355. The maximum atomic E-state index is 12.6. The number of benzene rings is 1. The fraction of sp³-hybridized carbons (Fsp3) is 0.500. The Hall–Kier alpha value is -1.93. The summed E-state index contributed by atoms with van der Waals surface area (Å²) in [6.07, 6.45) is -0.0355. The van der Waals surface area contributed by atoms with Crippen molar-refractivity contribution in [3.63, 3.8) is 0 Å².